The van der Waals surface area contributed by atoms with Crippen LogP contribution in [0.15, 0.2) is 30.6 Å². The van der Waals surface area contributed by atoms with Crippen molar-refractivity contribution in [2.24, 2.45) is 0 Å². The van der Waals surface area contributed by atoms with E-state index in [4.69, 9.17) is 11.6 Å². The molecule has 0 amide bonds. The Kier molecular flexibility index (Phi) is 3.54. The van der Waals surface area contributed by atoms with E-state index in [2.05, 4.69) is 20.5 Å². The fourth-order valence-corrected chi connectivity index (χ4v) is 1.83. The van der Waals surface area contributed by atoms with Crippen LogP contribution in [0.1, 0.15) is 17.4 Å². The maximum Gasteiger partial charge on any atom is 0.141 e. The first-order valence-corrected chi connectivity index (χ1v) is 5.44. The molecular weight excluding hydrogens is 224 g/mol. The standard InChI is InChI=1S/C11H13ClN4/c1-13-10(11-14-7-15-16-11)6-8-3-2-4-9(12)5-8/h2-5,7,10,13H,6H2,1H3,(H,14,15,16). The number of halogens is 1. The number of H-pyrrole nitrogens is 1. The highest BCUT2D eigenvalue weighted by atomic mass is 35.5. The van der Waals surface area contributed by atoms with E-state index >= 15 is 0 Å². The Morgan fingerprint density at radius 3 is 3.00 bits per heavy atom. The Balaban J connectivity index is 2.13. The molecule has 16 heavy (non-hydrogen) atoms. The molecule has 0 aliphatic heterocycles. The maximum atomic E-state index is 5.94. The smallest absolute Gasteiger partial charge is 0.141 e. The minimum atomic E-state index is 0.126. The number of rotatable bonds is 4. The van der Waals surface area contributed by atoms with Gasteiger partial charge in [-0.25, -0.2) is 4.98 Å². The summed E-state index contributed by atoms with van der Waals surface area (Å²) in [5.41, 5.74) is 1.17. The highest BCUT2D eigenvalue weighted by Crippen LogP contribution is 2.17. The van der Waals surface area contributed by atoms with Gasteiger partial charge in [-0.05, 0) is 31.2 Å². The minimum absolute atomic E-state index is 0.126. The summed E-state index contributed by atoms with van der Waals surface area (Å²) < 4.78 is 0. The van der Waals surface area contributed by atoms with Gasteiger partial charge in [-0.3, -0.25) is 5.10 Å². The van der Waals surface area contributed by atoms with Crippen molar-refractivity contribution < 1.29 is 0 Å². The first kappa shape index (κ1) is 11.1. The minimum Gasteiger partial charge on any atom is -0.310 e. The Morgan fingerprint density at radius 1 is 1.50 bits per heavy atom. The first-order chi connectivity index (χ1) is 7.79. The lowest BCUT2D eigenvalue weighted by atomic mass is 10.1. The van der Waals surface area contributed by atoms with E-state index in [0.29, 0.717) is 0 Å². The van der Waals surface area contributed by atoms with Crippen LogP contribution in [0.2, 0.25) is 5.02 Å². The maximum absolute atomic E-state index is 5.94. The predicted molar refractivity (Wildman–Crippen MR) is 63.3 cm³/mol. The molecule has 0 aliphatic carbocycles. The second kappa shape index (κ2) is 5.09. The van der Waals surface area contributed by atoms with Crippen molar-refractivity contribution in [1.82, 2.24) is 20.5 Å². The molecule has 1 unspecified atom stereocenters. The van der Waals surface area contributed by atoms with Gasteiger partial charge in [0, 0.05) is 5.02 Å². The molecule has 2 N–H and O–H groups in total. The zero-order chi connectivity index (χ0) is 11.4. The van der Waals surface area contributed by atoms with Crippen LogP contribution in [-0.4, -0.2) is 22.2 Å². The molecule has 0 radical (unpaired) electrons. The number of nitrogens with zero attached hydrogens (tertiary/aromatic N) is 2. The van der Waals surface area contributed by atoms with Crippen molar-refractivity contribution in [3.63, 3.8) is 0 Å². The van der Waals surface area contributed by atoms with Crippen LogP contribution in [0.5, 0.6) is 0 Å². The third-order valence-electron chi connectivity index (χ3n) is 2.44. The van der Waals surface area contributed by atoms with Crippen molar-refractivity contribution in [3.8, 4) is 0 Å². The van der Waals surface area contributed by atoms with Crippen molar-refractivity contribution in [3.05, 3.63) is 47.0 Å². The van der Waals surface area contributed by atoms with Gasteiger partial charge >= 0.3 is 0 Å². The van der Waals surface area contributed by atoms with Gasteiger partial charge in [-0.2, -0.15) is 5.10 Å². The molecule has 0 bridgehead atoms. The summed E-state index contributed by atoms with van der Waals surface area (Å²) in [6, 6.07) is 7.95. The number of nitrogens with one attached hydrogen (secondary N) is 2. The number of aromatic nitrogens is 3. The van der Waals surface area contributed by atoms with E-state index in [1.165, 1.54) is 11.9 Å². The van der Waals surface area contributed by atoms with Gasteiger partial charge in [-0.15, -0.1) is 0 Å². The highest BCUT2D eigenvalue weighted by molar-refractivity contribution is 6.30. The van der Waals surface area contributed by atoms with Crippen molar-refractivity contribution in [2.45, 2.75) is 12.5 Å². The number of hydrogen-bond acceptors (Lipinski definition) is 3. The third-order valence-corrected chi connectivity index (χ3v) is 2.68. The summed E-state index contributed by atoms with van der Waals surface area (Å²) in [4.78, 5) is 4.14. The SMILES string of the molecule is CNC(Cc1cccc(Cl)c1)c1ncn[nH]1. The summed E-state index contributed by atoms with van der Waals surface area (Å²) >= 11 is 5.94. The second-order valence-corrected chi connectivity index (χ2v) is 3.98. The van der Waals surface area contributed by atoms with Gasteiger partial charge in [0.05, 0.1) is 6.04 Å². The molecule has 1 heterocycles. The predicted octanol–water partition coefficient (Wildman–Crippen LogP) is 1.96. The lowest BCUT2D eigenvalue weighted by Crippen LogP contribution is -2.20. The van der Waals surface area contributed by atoms with E-state index in [0.717, 1.165) is 17.3 Å². The number of aromatic amines is 1. The Morgan fingerprint density at radius 2 is 2.38 bits per heavy atom. The zero-order valence-electron chi connectivity index (χ0n) is 8.94. The molecule has 1 aromatic heterocycles. The number of hydrogen-bond donors (Lipinski definition) is 2. The van der Waals surface area contributed by atoms with Crippen LogP contribution in [0.3, 0.4) is 0 Å². The Bertz CT molecular complexity index is 441. The first-order valence-electron chi connectivity index (χ1n) is 5.06. The molecule has 0 saturated heterocycles. The zero-order valence-corrected chi connectivity index (χ0v) is 9.70. The summed E-state index contributed by atoms with van der Waals surface area (Å²) in [5, 5.41) is 10.7. The average molecular weight is 237 g/mol. The topological polar surface area (TPSA) is 53.6 Å². The van der Waals surface area contributed by atoms with Gasteiger partial charge < -0.3 is 5.32 Å². The Hall–Kier alpha value is -1.39. The van der Waals surface area contributed by atoms with Crippen LogP contribution in [-0.2, 0) is 6.42 Å². The second-order valence-electron chi connectivity index (χ2n) is 3.55. The monoisotopic (exact) mass is 236 g/mol. The highest BCUT2D eigenvalue weighted by Gasteiger charge is 2.12. The number of benzene rings is 1. The molecule has 0 spiro atoms. The van der Waals surface area contributed by atoms with Crippen molar-refractivity contribution >= 4 is 11.6 Å². The molecule has 0 aliphatic rings. The van der Waals surface area contributed by atoms with E-state index < -0.39 is 0 Å². The van der Waals surface area contributed by atoms with Crippen LogP contribution in [0.25, 0.3) is 0 Å². The quantitative estimate of drug-likeness (QED) is 0.853. The molecule has 1 aromatic carbocycles. The van der Waals surface area contributed by atoms with Crippen LogP contribution >= 0.6 is 11.6 Å². The fraction of sp³-hybridized carbons (Fsp3) is 0.273. The summed E-state index contributed by atoms with van der Waals surface area (Å²) in [6.45, 7) is 0. The lowest BCUT2D eigenvalue weighted by molar-refractivity contribution is 0.560. The summed E-state index contributed by atoms with van der Waals surface area (Å²) in [6.07, 6.45) is 2.34. The summed E-state index contributed by atoms with van der Waals surface area (Å²) in [5.74, 6) is 0.836. The van der Waals surface area contributed by atoms with Crippen molar-refractivity contribution in [2.75, 3.05) is 7.05 Å². The largest absolute Gasteiger partial charge is 0.310 e. The van der Waals surface area contributed by atoms with Gasteiger partial charge in [0.1, 0.15) is 12.2 Å². The number of likely N-dealkylation sites (N-methyl/N-ethyl adjacent to an activating group) is 1. The average Bonchev–Trinajstić information content (AvgIpc) is 2.79. The molecule has 5 heteroatoms. The van der Waals surface area contributed by atoms with E-state index in [9.17, 15) is 0 Å². The molecule has 4 nitrogen and oxygen atoms in total. The molecule has 0 fully saturated rings. The van der Waals surface area contributed by atoms with E-state index in [-0.39, 0.29) is 6.04 Å². The molecular formula is C11H13ClN4. The third kappa shape index (κ3) is 2.59. The van der Waals surface area contributed by atoms with Gasteiger partial charge in [0.25, 0.3) is 0 Å². The van der Waals surface area contributed by atoms with Gasteiger partial charge in [0.2, 0.25) is 0 Å². The Labute approximate surface area is 99.1 Å². The van der Waals surface area contributed by atoms with Gasteiger partial charge in [-0.1, -0.05) is 23.7 Å². The molecule has 0 saturated carbocycles. The van der Waals surface area contributed by atoms with Crippen LogP contribution < -0.4 is 5.32 Å². The molecule has 2 aromatic rings. The fourth-order valence-electron chi connectivity index (χ4n) is 1.62. The van der Waals surface area contributed by atoms with Crippen LogP contribution in [0, 0.1) is 0 Å². The molecule has 84 valence electrons. The van der Waals surface area contributed by atoms with Gasteiger partial charge in [0.15, 0.2) is 0 Å². The van der Waals surface area contributed by atoms with Crippen molar-refractivity contribution in [1.29, 1.82) is 0 Å². The lowest BCUT2D eigenvalue weighted by Gasteiger charge is -2.13. The van der Waals surface area contributed by atoms with E-state index in [1.54, 1.807) is 0 Å². The van der Waals surface area contributed by atoms with Crippen LogP contribution in [0.4, 0.5) is 0 Å². The molecule has 1 atom stereocenters. The molecule has 2 rings (SSSR count). The van der Waals surface area contributed by atoms with E-state index in [1.807, 2.05) is 31.3 Å². The normalized spacial score (nSPS) is 12.6. The summed E-state index contributed by atoms with van der Waals surface area (Å²) in [7, 11) is 1.90.